The fourth-order valence-corrected chi connectivity index (χ4v) is 1.95. The maximum Gasteiger partial charge on any atom is 0.416 e. The van der Waals surface area contributed by atoms with Crippen molar-refractivity contribution in [1.82, 2.24) is 0 Å². The molecule has 0 amide bonds. The molecular formula is C15H10ClF3N2. The second-order valence-corrected chi connectivity index (χ2v) is 4.76. The van der Waals surface area contributed by atoms with Crippen LogP contribution in [0.3, 0.4) is 0 Å². The fourth-order valence-electron chi connectivity index (χ4n) is 1.73. The number of hydrogen-bond donors (Lipinski definition) is 1. The van der Waals surface area contributed by atoms with Crippen LogP contribution in [0.2, 0.25) is 5.02 Å². The van der Waals surface area contributed by atoms with Gasteiger partial charge in [0.2, 0.25) is 0 Å². The highest BCUT2D eigenvalue weighted by Gasteiger charge is 2.29. The zero-order chi connectivity index (χ0) is 15.5. The SMILES string of the molecule is N#Cc1ccc(NCc2ccc(C(F)(F)F)cc2)cc1Cl. The van der Waals surface area contributed by atoms with E-state index in [0.717, 1.165) is 12.1 Å². The predicted molar refractivity (Wildman–Crippen MR) is 74.9 cm³/mol. The summed E-state index contributed by atoms with van der Waals surface area (Å²) < 4.78 is 37.3. The number of rotatable bonds is 3. The Morgan fingerprint density at radius 1 is 1.10 bits per heavy atom. The van der Waals surface area contributed by atoms with Crippen molar-refractivity contribution >= 4 is 17.3 Å². The van der Waals surface area contributed by atoms with Gasteiger partial charge in [-0.15, -0.1) is 0 Å². The Morgan fingerprint density at radius 3 is 2.29 bits per heavy atom. The van der Waals surface area contributed by atoms with Gasteiger partial charge in [-0.3, -0.25) is 0 Å². The maximum absolute atomic E-state index is 12.4. The van der Waals surface area contributed by atoms with Crippen molar-refractivity contribution in [1.29, 1.82) is 5.26 Å². The smallest absolute Gasteiger partial charge is 0.381 e. The van der Waals surface area contributed by atoms with Crippen molar-refractivity contribution in [2.75, 3.05) is 5.32 Å². The van der Waals surface area contributed by atoms with Crippen LogP contribution < -0.4 is 5.32 Å². The van der Waals surface area contributed by atoms with E-state index in [1.54, 1.807) is 18.2 Å². The number of anilines is 1. The lowest BCUT2D eigenvalue weighted by Gasteiger charge is -2.10. The molecule has 2 aromatic carbocycles. The molecular weight excluding hydrogens is 301 g/mol. The first-order valence-electron chi connectivity index (χ1n) is 6.00. The number of alkyl halides is 3. The van der Waals surface area contributed by atoms with E-state index in [9.17, 15) is 13.2 Å². The number of nitriles is 1. The van der Waals surface area contributed by atoms with E-state index in [-0.39, 0.29) is 0 Å². The molecule has 0 unspecified atom stereocenters. The van der Waals surface area contributed by atoms with Crippen molar-refractivity contribution in [3.63, 3.8) is 0 Å². The molecule has 0 bridgehead atoms. The van der Waals surface area contributed by atoms with Crippen molar-refractivity contribution in [2.45, 2.75) is 12.7 Å². The molecule has 0 fully saturated rings. The van der Waals surface area contributed by atoms with Crippen LogP contribution in [0.1, 0.15) is 16.7 Å². The van der Waals surface area contributed by atoms with Gasteiger partial charge in [-0.05, 0) is 35.9 Å². The van der Waals surface area contributed by atoms with Crippen LogP contribution in [0, 0.1) is 11.3 Å². The van der Waals surface area contributed by atoms with Gasteiger partial charge in [0.15, 0.2) is 0 Å². The molecule has 0 spiro atoms. The summed E-state index contributed by atoms with van der Waals surface area (Å²) in [5.74, 6) is 0. The highest BCUT2D eigenvalue weighted by molar-refractivity contribution is 6.32. The molecule has 0 atom stereocenters. The topological polar surface area (TPSA) is 35.8 Å². The van der Waals surface area contributed by atoms with Crippen LogP contribution in [0.5, 0.6) is 0 Å². The molecule has 6 heteroatoms. The third-order valence-corrected chi connectivity index (χ3v) is 3.18. The zero-order valence-corrected chi connectivity index (χ0v) is 11.5. The molecule has 1 N–H and O–H groups in total. The average molecular weight is 311 g/mol. The fraction of sp³-hybridized carbons (Fsp3) is 0.133. The Labute approximate surface area is 124 Å². The van der Waals surface area contributed by atoms with Crippen LogP contribution >= 0.6 is 11.6 Å². The second kappa shape index (κ2) is 6.06. The molecule has 0 aromatic heterocycles. The van der Waals surface area contributed by atoms with Gasteiger partial charge < -0.3 is 5.32 Å². The van der Waals surface area contributed by atoms with E-state index in [1.807, 2.05) is 6.07 Å². The molecule has 21 heavy (non-hydrogen) atoms. The summed E-state index contributed by atoms with van der Waals surface area (Å²) in [6, 6.07) is 11.7. The van der Waals surface area contributed by atoms with E-state index in [0.29, 0.717) is 28.4 Å². The lowest BCUT2D eigenvalue weighted by atomic mass is 10.1. The normalized spacial score (nSPS) is 11.0. The van der Waals surface area contributed by atoms with E-state index < -0.39 is 11.7 Å². The first-order valence-corrected chi connectivity index (χ1v) is 6.37. The van der Waals surface area contributed by atoms with E-state index in [4.69, 9.17) is 16.9 Å². The molecule has 0 saturated carbocycles. The molecule has 0 radical (unpaired) electrons. The summed E-state index contributed by atoms with van der Waals surface area (Å²) in [5.41, 5.74) is 1.10. The Morgan fingerprint density at radius 2 is 1.76 bits per heavy atom. The molecule has 2 nitrogen and oxygen atoms in total. The van der Waals surface area contributed by atoms with Crippen LogP contribution in [0.25, 0.3) is 0 Å². The Kier molecular flexibility index (Phi) is 4.39. The highest BCUT2D eigenvalue weighted by atomic mass is 35.5. The Balaban J connectivity index is 2.03. The Hall–Kier alpha value is -2.19. The summed E-state index contributed by atoms with van der Waals surface area (Å²) in [6.07, 6.45) is -4.33. The lowest BCUT2D eigenvalue weighted by molar-refractivity contribution is -0.137. The molecule has 0 heterocycles. The van der Waals surface area contributed by atoms with Gasteiger partial charge in [0.25, 0.3) is 0 Å². The molecule has 0 aliphatic heterocycles. The minimum atomic E-state index is -4.33. The number of hydrogen-bond acceptors (Lipinski definition) is 2. The quantitative estimate of drug-likeness (QED) is 0.880. The number of nitrogens with one attached hydrogen (secondary N) is 1. The van der Waals surface area contributed by atoms with Crippen molar-refractivity contribution in [3.05, 3.63) is 64.2 Å². The summed E-state index contributed by atoms with van der Waals surface area (Å²) >= 11 is 5.89. The zero-order valence-electron chi connectivity index (χ0n) is 10.7. The van der Waals surface area contributed by atoms with Gasteiger partial charge in [-0.2, -0.15) is 18.4 Å². The molecule has 2 rings (SSSR count). The summed E-state index contributed by atoms with van der Waals surface area (Å²) in [4.78, 5) is 0. The summed E-state index contributed by atoms with van der Waals surface area (Å²) in [7, 11) is 0. The third kappa shape index (κ3) is 3.89. The van der Waals surface area contributed by atoms with Gasteiger partial charge in [-0.1, -0.05) is 23.7 Å². The van der Waals surface area contributed by atoms with Gasteiger partial charge in [0, 0.05) is 12.2 Å². The first kappa shape index (κ1) is 15.2. The van der Waals surface area contributed by atoms with Gasteiger partial charge in [-0.25, -0.2) is 0 Å². The minimum Gasteiger partial charge on any atom is -0.381 e. The second-order valence-electron chi connectivity index (χ2n) is 4.35. The van der Waals surface area contributed by atoms with Gasteiger partial charge >= 0.3 is 6.18 Å². The summed E-state index contributed by atoms with van der Waals surface area (Å²) in [5, 5.41) is 12.1. The first-order chi connectivity index (χ1) is 9.90. The average Bonchev–Trinajstić information content (AvgIpc) is 2.45. The highest BCUT2D eigenvalue weighted by Crippen LogP contribution is 2.29. The van der Waals surface area contributed by atoms with Crippen LogP contribution in [-0.4, -0.2) is 0 Å². The largest absolute Gasteiger partial charge is 0.416 e. The number of nitrogens with zero attached hydrogens (tertiary/aromatic N) is 1. The molecule has 0 aliphatic carbocycles. The molecule has 2 aromatic rings. The van der Waals surface area contributed by atoms with Crippen molar-refractivity contribution < 1.29 is 13.2 Å². The third-order valence-electron chi connectivity index (χ3n) is 2.87. The number of benzene rings is 2. The monoisotopic (exact) mass is 310 g/mol. The lowest BCUT2D eigenvalue weighted by Crippen LogP contribution is -2.05. The molecule has 0 saturated heterocycles. The standard InChI is InChI=1S/C15H10ClF3N2/c16-14-7-13(6-3-11(14)8-20)21-9-10-1-4-12(5-2-10)15(17,18)19/h1-7,21H,9H2. The minimum absolute atomic E-state index is 0.329. The van der Waals surface area contributed by atoms with Crippen LogP contribution in [0.4, 0.5) is 18.9 Å². The summed E-state index contributed by atoms with van der Waals surface area (Å²) in [6.45, 7) is 0.361. The maximum atomic E-state index is 12.4. The number of halogens is 4. The Bertz CT molecular complexity index is 673. The van der Waals surface area contributed by atoms with Crippen LogP contribution in [-0.2, 0) is 12.7 Å². The predicted octanol–water partition coefficient (Wildman–Crippen LogP) is 4.84. The van der Waals surface area contributed by atoms with Gasteiger partial charge in [0.05, 0.1) is 16.1 Å². The van der Waals surface area contributed by atoms with Gasteiger partial charge in [0.1, 0.15) is 6.07 Å². The molecule has 108 valence electrons. The molecule has 0 aliphatic rings. The van der Waals surface area contributed by atoms with E-state index in [2.05, 4.69) is 5.32 Å². The van der Waals surface area contributed by atoms with Crippen molar-refractivity contribution in [3.8, 4) is 6.07 Å². The van der Waals surface area contributed by atoms with E-state index in [1.165, 1.54) is 12.1 Å². The van der Waals surface area contributed by atoms with Crippen LogP contribution in [0.15, 0.2) is 42.5 Å². The van der Waals surface area contributed by atoms with E-state index >= 15 is 0 Å². The van der Waals surface area contributed by atoms with Crippen molar-refractivity contribution in [2.24, 2.45) is 0 Å².